The van der Waals surface area contributed by atoms with Crippen LogP contribution in [0.2, 0.25) is 0 Å². The standard InChI is InChI=1S/C41H46N2O15/c1-12-21(3)34-39(48)43(52-11)41(22(4)13-2,40(51-10)42(34)49)57-31-20-28(16-19-30(31)58-43)33-37(55-25(7)46)35(53-23(5)44)32(27-14-17-29(50-9)18-15-27)36(54-24(6)45)38(33)56-26(8)47/h14-22H,12-13H2,1-11H3/p+1. The lowest BCUT2D eigenvalue weighted by molar-refractivity contribution is -1.25. The quantitative estimate of drug-likeness (QED) is 0.0653. The fourth-order valence-corrected chi connectivity index (χ4v) is 7.01. The minimum absolute atomic E-state index is 0.00715. The highest BCUT2D eigenvalue weighted by atomic mass is 17.0. The molecule has 17 heteroatoms. The summed E-state index contributed by atoms with van der Waals surface area (Å²) in [6.45, 7) is 11.6. The normalized spacial score (nSPS) is 19.4. The van der Waals surface area contributed by atoms with Gasteiger partial charge < -0.3 is 43.5 Å². The van der Waals surface area contributed by atoms with Gasteiger partial charge in [0.25, 0.3) is 0 Å². The van der Waals surface area contributed by atoms with Gasteiger partial charge in [0.15, 0.2) is 28.7 Å². The molecule has 310 valence electrons. The molecule has 0 saturated heterocycles. The lowest BCUT2D eigenvalue weighted by atomic mass is 9.90. The van der Waals surface area contributed by atoms with Gasteiger partial charge in [-0.3, -0.25) is 24.0 Å². The van der Waals surface area contributed by atoms with Gasteiger partial charge >= 0.3 is 47.1 Å². The Hall–Kier alpha value is -6.33. The number of nitrogens with zero attached hydrogens (tertiary/aromatic N) is 2. The first-order valence-electron chi connectivity index (χ1n) is 18.4. The molecule has 5 rings (SSSR count). The van der Waals surface area contributed by atoms with Gasteiger partial charge in [-0.25, -0.2) is 0 Å². The first-order valence-corrected chi connectivity index (χ1v) is 18.4. The van der Waals surface area contributed by atoms with Crippen molar-refractivity contribution in [3.8, 4) is 62.5 Å². The maximum atomic E-state index is 14.2. The average Bonchev–Trinajstić information content (AvgIpc) is 3.17. The van der Waals surface area contributed by atoms with Gasteiger partial charge in [0.2, 0.25) is 5.75 Å². The lowest BCUT2D eigenvalue weighted by Gasteiger charge is -2.48. The number of hydroxylamine groups is 5. The van der Waals surface area contributed by atoms with E-state index < -0.39 is 63.6 Å². The third-order valence-electron chi connectivity index (χ3n) is 9.87. The minimum Gasteiger partial charge on any atom is -0.616 e. The number of benzene rings is 3. The van der Waals surface area contributed by atoms with Crippen LogP contribution in [-0.2, 0) is 28.8 Å². The van der Waals surface area contributed by atoms with Crippen LogP contribution in [0.15, 0.2) is 54.0 Å². The Labute approximate surface area is 334 Å². The molecule has 4 unspecified atom stereocenters. The van der Waals surface area contributed by atoms with E-state index in [0.29, 0.717) is 23.3 Å². The van der Waals surface area contributed by atoms with Crippen molar-refractivity contribution in [2.24, 2.45) is 11.8 Å². The molecule has 0 radical (unpaired) electrons. The Balaban J connectivity index is 1.94. The molecule has 1 N–H and O–H groups in total. The van der Waals surface area contributed by atoms with E-state index >= 15 is 0 Å². The third kappa shape index (κ3) is 7.11. The zero-order valence-electron chi connectivity index (χ0n) is 34.2. The molecule has 0 bridgehead atoms. The van der Waals surface area contributed by atoms with E-state index in [1.807, 2.05) is 13.8 Å². The second-order valence-electron chi connectivity index (χ2n) is 13.6. The fraction of sp³-hybridized carbons (Fsp3) is 0.390. The first kappa shape index (κ1) is 42.8. The van der Waals surface area contributed by atoms with Crippen molar-refractivity contribution in [1.82, 2.24) is 0 Å². The SMILES string of the molecule is CCC(C)C1=C(O)[N+]2(OC)Oc3ccc(-c4c(OC(C)=O)c(OC(C)=O)c(-c5ccc(OC)cc5)c(OC(C)=O)c4OC(C)=O)cc3OC2(C(C)CC)C(OC)=[N+]1[O-]. The van der Waals surface area contributed by atoms with Gasteiger partial charge in [-0.15, -0.1) is 9.58 Å². The molecule has 0 amide bonds. The summed E-state index contributed by atoms with van der Waals surface area (Å²) in [6, 6.07) is 10.6. The zero-order valence-corrected chi connectivity index (χ0v) is 34.2. The molecular formula is C41H47N2O15+. The lowest BCUT2D eigenvalue weighted by Crippen LogP contribution is -2.78. The molecule has 17 nitrogen and oxygen atoms in total. The predicted octanol–water partition coefficient (Wildman–Crippen LogP) is 6.88. The molecule has 3 aromatic rings. The number of hydrogen-bond acceptors (Lipinski definition) is 15. The van der Waals surface area contributed by atoms with Crippen LogP contribution in [0, 0.1) is 17.0 Å². The largest absolute Gasteiger partial charge is 0.616 e. The summed E-state index contributed by atoms with van der Waals surface area (Å²) in [5, 5.41) is 26.2. The molecule has 2 aliphatic heterocycles. The molecule has 2 heterocycles. The molecule has 0 fully saturated rings. The number of fused-ring (bicyclic) bond motifs is 2. The fourth-order valence-electron chi connectivity index (χ4n) is 7.01. The van der Waals surface area contributed by atoms with E-state index in [1.165, 1.54) is 39.5 Å². The van der Waals surface area contributed by atoms with E-state index in [4.69, 9.17) is 42.8 Å². The van der Waals surface area contributed by atoms with Crippen LogP contribution in [0.25, 0.3) is 22.3 Å². The summed E-state index contributed by atoms with van der Waals surface area (Å²) < 4.78 is 41.5. The number of aliphatic hydroxyl groups excluding tert-OH is 1. The second-order valence-corrected chi connectivity index (χ2v) is 13.6. The number of hydrogen-bond donors (Lipinski definition) is 1. The number of methoxy groups -OCH3 is 2. The molecule has 0 saturated carbocycles. The molecule has 2 aliphatic rings. The van der Waals surface area contributed by atoms with Crippen LogP contribution in [0.3, 0.4) is 0 Å². The summed E-state index contributed by atoms with van der Waals surface area (Å²) in [6.07, 6.45) is 0.819. The Bertz CT molecular complexity index is 2160. The highest BCUT2D eigenvalue weighted by molar-refractivity contribution is 5.98. The molecule has 3 aromatic carbocycles. The number of esters is 4. The van der Waals surface area contributed by atoms with Crippen molar-refractivity contribution >= 4 is 29.8 Å². The van der Waals surface area contributed by atoms with Gasteiger partial charge in [-0.2, -0.15) is 0 Å². The molecule has 0 spiro atoms. The van der Waals surface area contributed by atoms with Crippen LogP contribution in [0.4, 0.5) is 0 Å². The van der Waals surface area contributed by atoms with E-state index in [-0.39, 0.29) is 56.8 Å². The van der Waals surface area contributed by atoms with Crippen molar-refractivity contribution in [2.45, 2.75) is 74.0 Å². The van der Waals surface area contributed by atoms with E-state index in [2.05, 4.69) is 0 Å². The second kappa shape index (κ2) is 16.6. The van der Waals surface area contributed by atoms with Crippen LogP contribution < -0.4 is 33.3 Å². The minimum atomic E-state index is -2.02. The van der Waals surface area contributed by atoms with Gasteiger partial charge in [0.1, 0.15) is 17.7 Å². The van der Waals surface area contributed by atoms with Gasteiger partial charge in [-0.05, 0) is 54.3 Å². The summed E-state index contributed by atoms with van der Waals surface area (Å²) in [4.78, 5) is 62.7. The smallest absolute Gasteiger partial charge is 0.470 e. The van der Waals surface area contributed by atoms with Gasteiger partial charge in [0.05, 0.1) is 37.2 Å². The van der Waals surface area contributed by atoms with E-state index in [0.717, 1.165) is 27.7 Å². The van der Waals surface area contributed by atoms with Crippen molar-refractivity contribution < 1.29 is 76.7 Å². The Kier molecular flexibility index (Phi) is 12.3. The summed E-state index contributed by atoms with van der Waals surface area (Å²) in [5.74, 6) is -6.54. The van der Waals surface area contributed by atoms with Gasteiger partial charge in [0, 0.05) is 27.7 Å². The Morgan fingerprint density at radius 2 is 1.22 bits per heavy atom. The topological polar surface area (TPSA) is 198 Å². The number of ether oxygens (including phenoxy) is 7. The number of carbonyl (C=O) groups is 4. The Morgan fingerprint density at radius 1 is 0.741 bits per heavy atom. The summed E-state index contributed by atoms with van der Waals surface area (Å²) >= 11 is 0. The number of rotatable bonds is 12. The van der Waals surface area contributed by atoms with Crippen molar-refractivity contribution in [1.29, 1.82) is 0 Å². The summed E-state index contributed by atoms with van der Waals surface area (Å²) in [5.41, 5.74) is -1.99. The maximum Gasteiger partial charge on any atom is 0.470 e. The molecule has 4 atom stereocenters. The number of quaternary nitrogens is 1. The monoisotopic (exact) mass is 807 g/mol. The van der Waals surface area contributed by atoms with Crippen molar-refractivity contribution in [3.63, 3.8) is 0 Å². The number of allylic oxidation sites excluding steroid dienone is 1. The maximum absolute atomic E-state index is 14.2. The highest BCUT2D eigenvalue weighted by Crippen LogP contribution is 2.59. The van der Waals surface area contributed by atoms with Crippen LogP contribution in [0.1, 0.15) is 68.2 Å². The highest BCUT2D eigenvalue weighted by Gasteiger charge is 2.80. The van der Waals surface area contributed by atoms with Crippen LogP contribution >= 0.6 is 0 Å². The Morgan fingerprint density at radius 3 is 1.64 bits per heavy atom. The van der Waals surface area contributed by atoms with Crippen molar-refractivity contribution in [3.05, 3.63) is 59.3 Å². The summed E-state index contributed by atoms with van der Waals surface area (Å²) in [7, 11) is 4.03. The molecule has 0 aromatic heterocycles. The first-order chi connectivity index (χ1) is 27.5. The zero-order chi connectivity index (χ0) is 42.9. The third-order valence-corrected chi connectivity index (χ3v) is 9.87. The molecular weight excluding hydrogens is 760 g/mol. The molecule has 0 aliphatic carbocycles. The molecule has 58 heavy (non-hydrogen) atoms. The van der Waals surface area contributed by atoms with Crippen LogP contribution in [-0.4, -0.2) is 71.5 Å². The van der Waals surface area contributed by atoms with Crippen molar-refractivity contribution in [2.75, 3.05) is 21.3 Å². The van der Waals surface area contributed by atoms with Gasteiger partial charge in [-0.1, -0.05) is 39.8 Å². The predicted molar refractivity (Wildman–Crippen MR) is 205 cm³/mol. The van der Waals surface area contributed by atoms with E-state index in [9.17, 15) is 29.5 Å². The average molecular weight is 808 g/mol. The number of carbonyl (C=O) groups excluding carboxylic acids is 4. The number of aliphatic hydroxyl groups is 1. The van der Waals surface area contributed by atoms with E-state index in [1.54, 1.807) is 38.1 Å². The van der Waals surface area contributed by atoms with Crippen LogP contribution in [0.5, 0.6) is 40.2 Å².